The highest BCUT2D eigenvalue weighted by atomic mass is 16.5. The van der Waals surface area contributed by atoms with Gasteiger partial charge in [0.15, 0.2) is 0 Å². The van der Waals surface area contributed by atoms with Gasteiger partial charge in [-0.3, -0.25) is 4.79 Å². The molecule has 5 heteroatoms. The molecule has 2 aromatic rings. The molecule has 138 valence electrons. The zero-order valence-corrected chi connectivity index (χ0v) is 14.8. The molecule has 1 amide bonds. The number of rotatable bonds is 4. The van der Waals surface area contributed by atoms with E-state index in [-0.39, 0.29) is 18.6 Å². The summed E-state index contributed by atoms with van der Waals surface area (Å²) in [7, 11) is 0. The van der Waals surface area contributed by atoms with Gasteiger partial charge in [0.05, 0.1) is 12.0 Å². The van der Waals surface area contributed by atoms with Crippen LogP contribution in [0.25, 0.3) is 11.1 Å². The second-order valence-electron chi connectivity index (χ2n) is 7.01. The number of ether oxygens (including phenoxy) is 1. The SMILES string of the molecule is O=C(N[C@@H]1C=CC[C@@H](C(=O)O)C1)OCC1c2ccccc2-c2ccccc21. The second kappa shape index (κ2) is 7.27. The Labute approximate surface area is 157 Å². The fourth-order valence-corrected chi connectivity index (χ4v) is 3.99. The molecule has 5 nitrogen and oxygen atoms in total. The summed E-state index contributed by atoms with van der Waals surface area (Å²) in [4.78, 5) is 23.4. The number of hydrogen-bond acceptors (Lipinski definition) is 3. The van der Waals surface area contributed by atoms with Crippen molar-refractivity contribution in [3.63, 3.8) is 0 Å². The Morgan fingerprint density at radius 2 is 1.67 bits per heavy atom. The van der Waals surface area contributed by atoms with Crippen molar-refractivity contribution >= 4 is 12.1 Å². The predicted molar refractivity (Wildman–Crippen MR) is 101 cm³/mol. The number of amides is 1. The zero-order valence-electron chi connectivity index (χ0n) is 14.8. The summed E-state index contributed by atoms with van der Waals surface area (Å²) in [5.74, 6) is -1.29. The van der Waals surface area contributed by atoms with Gasteiger partial charge in [0.25, 0.3) is 0 Å². The number of carbonyl (C=O) groups excluding carboxylic acids is 1. The Hall–Kier alpha value is -3.08. The molecular weight excluding hydrogens is 342 g/mol. The predicted octanol–water partition coefficient (Wildman–Crippen LogP) is 3.94. The van der Waals surface area contributed by atoms with E-state index in [0.29, 0.717) is 12.8 Å². The number of carboxylic acids is 1. The van der Waals surface area contributed by atoms with Gasteiger partial charge in [-0.05, 0) is 35.1 Å². The summed E-state index contributed by atoms with van der Waals surface area (Å²) in [5, 5.41) is 11.9. The van der Waals surface area contributed by atoms with Crippen LogP contribution >= 0.6 is 0 Å². The Balaban J connectivity index is 1.42. The lowest BCUT2D eigenvalue weighted by Crippen LogP contribution is -2.38. The average molecular weight is 363 g/mol. The Bertz CT molecular complexity index is 859. The molecule has 0 bridgehead atoms. The first-order chi connectivity index (χ1) is 13.1. The molecule has 4 rings (SSSR count). The lowest BCUT2D eigenvalue weighted by Gasteiger charge is -2.23. The minimum absolute atomic E-state index is 0.0109. The summed E-state index contributed by atoms with van der Waals surface area (Å²) >= 11 is 0. The number of benzene rings is 2. The number of carboxylic acid groups (broad SMARTS) is 1. The first-order valence-corrected chi connectivity index (χ1v) is 9.14. The molecule has 2 aliphatic carbocycles. The van der Waals surface area contributed by atoms with Crippen LogP contribution in [-0.4, -0.2) is 29.8 Å². The third-order valence-electron chi connectivity index (χ3n) is 5.32. The first kappa shape index (κ1) is 17.3. The van der Waals surface area contributed by atoms with Gasteiger partial charge in [0.2, 0.25) is 0 Å². The van der Waals surface area contributed by atoms with E-state index < -0.39 is 18.0 Å². The largest absolute Gasteiger partial charge is 0.481 e. The maximum Gasteiger partial charge on any atom is 0.407 e. The van der Waals surface area contributed by atoms with Crippen molar-refractivity contribution in [1.82, 2.24) is 5.32 Å². The van der Waals surface area contributed by atoms with Crippen LogP contribution in [0.1, 0.15) is 29.9 Å². The topological polar surface area (TPSA) is 75.6 Å². The lowest BCUT2D eigenvalue weighted by molar-refractivity contribution is -0.142. The Morgan fingerprint density at radius 3 is 2.30 bits per heavy atom. The lowest BCUT2D eigenvalue weighted by atomic mass is 9.91. The molecule has 0 fully saturated rings. The molecule has 0 radical (unpaired) electrons. The number of hydrogen-bond donors (Lipinski definition) is 2. The standard InChI is InChI=1S/C22H21NO4/c24-21(25)14-6-5-7-15(12-14)23-22(26)27-13-20-18-10-3-1-8-16(18)17-9-2-4-11-19(17)20/h1-5,7-11,14-15,20H,6,12-13H2,(H,23,26)(H,24,25)/t14-,15-/m1/s1. The molecule has 2 atom stereocenters. The van der Waals surface area contributed by atoms with Crippen LogP contribution in [0.15, 0.2) is 60.7 Å². The van der Waals surface area contributed by atoms with Crippen LogP contribution in [-0.2, 0) is 9.53 Å². The maximum atomic E-state index is 12.3. The zero-order chi connectivity index (χ0) is 18.8. The van der Waals surface area contributed by atoms with Crippen molar-refractivity contribution in [3.8, 4) is 11.1 Å². The summed E-state index contributed by atoms with van der Waals surface area (Å²) < 4.78 is 5.51. The molecule has 0 saturated heterocycles. The van der Waals surface area contributed by atoms with Gasteiger partial charge in [-0.2, -0.15) is 0 Å². The summed E-state index contributed by atoms with van der Waals surface area (Å²) in [5.41, 5.74) is 4.69. The average Bonchev–Trinajstić information content (AvgIpc) is 3.00. The molecule has 2 aliphatic rings. The van der Waals surface area contributed by atoms with Gasteiger partial charge in [-0.25, -0.2) is 4.79 Å². The molecule has 0 heterocycles. The maximum absolute atomic E-state index is 12.3. The highest BCUT2D eigenvalue weighted by molar-refractivity contribution is 5.79. The number of carbonyl (C=O) groups is 2. The summed E-state index contributed by atoms with van der Waals surface area (Å²) in [6.45, 7) is 0.249. The quantitative estimate of drug-likeness (QED) is 0.807. The van der Waals surface area contributed by atoms with Crippen LogP contribution in [0.4, 0.5) is 4.79 Å². The van der Waals surface area contributed by atoms with Crippen molar-refractivity contribution in [2.45, 2.75) is 24.8 Å². The van der Waals surface area contributed by atoms with E-state index in [4.69, 9.17) is 9.84 Å². The van der Waals surface area contributed by atoms with Crippen LogP contribution in [0.2, 0.25) is 0 Å². The first-order valence-electron chi connectivity index (χ1n) is 9.14. The van der Waals surface area contributed by atoms with Crippen LogP contribution in [0.5, 0.6) is 0 Å². The van der Waals surface area contributed by atoms with Gasteiger partial charge in [-0.15, -0.1) is 0 Å². The smallest absolute Gasteiger partial charge is 0.407 e. The van der Waals surface area contributed by atoms with Gasteiger partial charge < -0.3 is 15.2 Å². The van der Waals surface area contributed by atoms with Gasteiger partial charge in [0, 0.05) is 5.92 Å². The van der Waals surface area contributed by atoms with Crippen molar-refractivity contribution in [1.29, 1.82) is 0 Å². The molecule has 0 aromatic heterocycles. The third-order valence-corrected chi connectivity index (χ3v) is 5.32. The molecule has 2 aromatic carbocycles. The van der Waals surface area contributed by atoms with E-state index in [1.54, 1.807) is 6.08 Å². The van der Waals surface area contributed by atoms with Crippen molar-refractivity contribution in [3.05, 3.63) is 71.8 Å². The van der Waals surface area contributed by atoms with Gasteiger partial charge in [-0.1, -0.05) is 60.7 Å². The molecule has 0 unspecified atom stereocenters. The van der Waals surface area contributed by atoms with E-state index in [1.165, 1.54) is 11.1 Å². The Kier molecular flexibility index (Phi) is 4.67. The summed E-state index contributed by atoms with van der Waals surface area (Å²) in [6, 6.07) is 16.0. The van der Waals surface area contributed by atoms with Crippen molar-refractivity contribution in [2.24, 2.45) is 5.92 Å². The number of alkyl carbamates (subject to hydrolysis) is 1. The minimum Gasteiger partial charge on any atom is -0.481 e. The van der Waals surface area contributed by atoms with Crippen LogP contribution in [0, 0.1) is 5.92 Å². The highest BCUT2D eigenvalue weighted by Crippen LogP contribution is 2.44. The molecule has 27 heavy (non-hydrogen) atoms. The van der Waals surface area contributed by atoms with Gasteiger partial charge >= 0.3 is 12.1 Å². The minimum atomic E-state index is -0.835. The third kappa shape index (κ3) is 3.45. The van der Waals surface area contributed by atoms with E-state index in [0.717, 1.165) is 11.1 Å². The van der Waals surface area contributed by atoms with Crippen LogP contribution < -0.4 is 5.32 Å². The highest BCUT2D eigenvalue weighted by Gasteiger charge is 2.30. The van der Waals surface area contributed by atoms with Crippen LogP contribution in [0.3, 0.4) is 0 Å². The number of aliphatic carboxylic acids is 1. The van der Waals surface area contributed by atoms with E-state index in [9.17, 15) is 9.59 Å². The fourth-order valence-electron chi connectivity index (χ4n) is 3.99. The van der Waals surface area contributed by atoms with E-state index >= 15 is 0 Å². The number of allylic oxidation sites excluding steroid dienone is 1. The Morgan fingerprint density at radius 1 is 1.04 bits per heavy atom. The number of fused-ring (bicyclic) bond motifs is 3. The normalized spacial score (nSPS) is 20.6. The molecule has 0 aliphatic heterocycles. The molecule has 0 spiro atoms. The van der Waals surface area contributed by atoms with E-state index in [1.807, 2.05) is 30.3 Å². The molecule has 0 saturated carbocycles. The number of nitrogens with one attached hydrogen (secondary N) is 1. The van der Waals surface area contributed by atoms with Gasteiger partial charge in [0.1, 0.15) is 6.61 Å². The van der Waals surface area contributed by atoms with E-state index in [2.05, 4.69) is 29.6 Å². The van der Waals surface area contributed by atoms with Crippen molar-refractivity contribution in [2.75, 3.05) is 6.61 Å². The molecule has 2 N–H and O–H groups in total. The fraction of sp³-hybridized carbons (Fsp3) is 0.273. The summed E-state index contributed by atoms with van der Waals surface area (Å²) in [6.07, 6.45) is 4.00. The van der Waals surface area contributed by atoms with Crippen molar-refractivity contribution < 1.29 is 19.4 Å². The second-order valence-corrected chi connectivity index (χ2v) is 7.01. The monoisotopic (exact) mass is 363 g/mol. The molecular formula is C22H21NO4.